The van der Waals surface area contributed by atoms with Crippen LogP contribution in [0.4, 0.5) is 0 Å². The summed E-state index contributed by atoms with van der Waals surface area (Å²) in [5.41, 5.74) is 6.25. The number of carbonyl (C=O) groups excluding carboxylic acids is 2. The van der Waals surface area contributed by atoms with Crippen LogP contribution >= 0.6 is 11.8 Å². The predicted octanol–water partition coefficient (Wildman–Crippen LogP) is 1.54. The van der Waals surface area contributed by atoms with E-state index in [4.69, 9.17) is 10.5 Å². The summed E-state index contributed by atoms with van der Waals surface area (Å²) < 4.78 is 4.90. The van der Waals surface area contributed by atoms with E-state index < -0.39 is 0 Å². The maximum absolute atomic E-state index is 11.4. The van der Waals surface area contributed by atoms with Crippen molar-refractivity contribution in [2.75, 3.05) is 0 Å². The van der Waals surface area contributed by atoms with Crippen LogP contribution < -0.4 is 10.5 Å². The second-order valence-corrected chi connectivity index (χ2v) is 4.59. The van der Waals surface area contributed by atoms with Crippen molar-refractivity contribution in [3.63, 3.8) is 0 Å². The summed E-state index contributed by atoms with van der Waals surface area (Å²) in [4.78, 5) is 26.2. The third kappa shape index (κ3) is 2.98. The molecule has 0 bridgehead atoms. The van der Waals surface area contributed by atoms with Gasteiger partial charge in [-0.15, -0.1) is 0 Å². The fourth-order valence-corrected chi connectivity index (χ4v) is 2.06. The molecular formula is C12H10N2O3S. The number of hydrogen-bond acceptors (Lipinski definition) is 5. The Hall–Kier alpha value is -2.08. The van der Waals surface area contributed by atoms with E-state index in [0.29, 0.717) is 10.7 Å². The minimum atomic E-state index is -0.371. The number of hydrogen-bond donors (Lipinski definition) is 1. The summed E-state index contributed by atoms with van der Waals surface area (Å²) in [7, 11) is 0. The SMILES string of the molecule is CC(=O)Oc1ccc(/C=C2\SC(N)=NC2=O)cc1. The van der Waals surface area contributed by atoms with E-state index in [0.717, 1.165) is 17.3 Å². The first-order valence-corrected chi connectivity index (χ1v) is 5.93. The quantitative estimate of drug-likeness (QED) is 0.496. The summed E-state index contributed by atoms with van der Waals surface area (Å²) in [6.45, 7) is 1.34. The summed E-state index contributed by atoms with van der Waals surface area (Å²) in [6.07, 6.45) is 1.69. The van der Waals surface area contributed by atoms with Crippen LogP contribution in [0.15, 0.2) is 34.2 Å². The number of rotatable bonds is 2. The number of amides is 1. The highest BCUT2D eigenvalue weighted by molar-refractivity contribution is 8.18. The molecule has 1 aliphatic rings. The molecule has 0 saturated heterocycles. The molecule has 6 heteroatoms. The van der Waals surface area contributed by atoms with Crippen LogP contribution in [0, 0.1) is 0 Å². The van der Waals surface area contributed by atoms with Gasteiger partial charge in [0.2, 0.25) is 0 Å². The lowest BCUT2D eigenvalue weighted by molar-refractivity contribution is -0.131. The normalized spacial score (nSPS) is 16.8. The minimum absolute atomic E-state index is 0.253. The highest BCUT2D eigenvalue weighted by Gasteiger charge is 2.19. The van der Waals surface area contributed by atoms with Gasteiger partial charge in [-0.1, -0.05) is 12.1 Å². The summed E-state index contributed by atoms with van der Waals surface area (Å²) in [5, 5.41) is 0.253. The van der Waals surface area contributed by atoms with Crippen LogP contribution in [0.5, 0.6) is 5.75 Å². The second kappa shape index (κ2) is 5.05. The minimum Gasteiger partial charge on any atom is -0.427 e. The van der Waals surface area contributed by atoms with E-state index in [9.17, 15) is 9.59 Å². The van der Waals surface area contributed by atoms with E-state index in [1.165, 1.54) is 6.92 Å². The first kappa shape index (κ1) is 12.4. The monoisotopic (exact) mass is 262 g/mol. The Balaban J connectivity index is 2.14. The van der Waals surface area contributed by atoms with Crippen LogP contribution in [0.2, 0.25) is 0 Å². The molecule has 2 rings (SSSR count). The molecule has 1 amide bonds. The first-order valence-electron chi connectivity index (χ1n) is 5.11. The van der Waals surface area contributed by atoms with Gasteiger partial charge in [0, 0.05) is 6.92 Å². The van der Waals surface area contributed by atoms with Crippen LogP contribution in [-0.2, 0) is 9.59 Å². The van der Waals surface area contributed by atoms with Gasteiger partial charge < -0.3 is 10.5 Å². The number of nitrogens with zero attached hydrogens (tertiary/aromatic N) is 1. The average Bonchev–Trinajstić information content (AvgIpc) is 2.59. The van der Waals surface area contributed by atoms with Gasteiger partial charge in [0.15, 0.2) is 5.17 Å². The maximum Gasteiger partial charge on any atom is 0.308 e. The average molecular weight is 262 g/mol. The lowest BCUT2D eigenvalue weighted by atomic mass is 10.2. The standard InChI is InChI=1S/C12H10N2O3S/c1-7(15)17-9-4-2-8(3-5-9)6-10-11(16)14-12(13)18-10/h2-6H,1H3,(H2,13,14,16)/b10-6-. The zero-order chi connectivity index (χ0) is 13.1. The maximum atomic E-state index is 11.4. The number of benzene rings is 1. The van der Waals surface area contributed by atoms with Gasteiger partial charge in [0.25, 0.3) is 5.91 Å². The number of aliphatic imine (C=N–C) groups is 1. The third-order valence-corrected chi connectivity index (χ3v) is 2.89. The Bertz CT molecular complexity index is 561. The molecular weight excluding hydrogens is 252 g/mol. The lowest BCUT2D eigenvalue weighted by Crippen LogP contribution is -2.01. The van der Waals surface area contributed by atoms with E-state index in [1.54, 1.807) is 30.3 Å². The van der Waals surface area contributed by atoms with Crippen molar-refractivity contribution in [1.29, 1.82) is 0 Å². The Morgan fingerprint density at radius 3 is 2.56 bits per heavy atom. The smallest absolute Gasteiger partial charge is 0.308 e. The molecule has 1 aliphatic heterocycles. The third-order valence-electron chi connectivity index (χ3n) is 2.08. The fraction of sp³-hybridized carbons (Fsp3) is 0.0833. The Kier molecular flexibility index (Phi) is 3.47. The molecule has 0 radical (unpaired) electrons. The molecule has 0 atom stereocenters. The van der Waals surface area contributed by atoms with Gasteiger partial charge in [-0.2, -0.15) is 4.99 Å². The zero-order valence-corrected chi connectivity index (χ0v) is 10.4. The molecule has 1 aromatic carbocycles. The van der Waals surface area contributed by atoms with Gasteiger partial charge >= 0.3 is 5.97 Å². The van der Waals surface area contributed by atoms with Gasteiger partial charge in [-0.3, -0.25) is 9.59 Å². The lowest BCUT2D eigenvalue weighted by Gasteiger charge is -2.01. The van der Waals surface area contributed by atoms with E-state index in [1.807, 2.05) is 0 Å². The number of ether oxygens (including phenoxy) is 1. The molecule has 0 fully saturated rings. The molecule has 2 N–H and O–H groups in total. The van der Waals surface area contributed by atoms with E-state index in [-0.39, 0.29) is 17.0 Å². The van der Waals surface area contributed by atoms with Crippen molar-refractivity contribution in [2.24, 2.45) is 10.7 Å². The second-order valence-electron chi connectivity index (χ2n) is 3.53. The zero-order valence-electron chi connectivity index (χ0n) is 9.54. The Labute approximate surface area is 108 Å². The number of amidine groups is 1. The molecule has 0 saturated carbocycles. The van der Waals surface area contributed by atoms with Crippen molar-refractivity contribution in [2.45, 2.75) is 6.92 Å². The van der Waals surface area contributed by atoms with E-state index >= 15 is 0 Å². The van der Waals surface area contributed by atoms with Gasteiger partial charge in [-0.05, 0) is 35.5 Å². The Morgan fingerprint density at radius 1 is 1.39 bits per heavy atom. The Morgan fingerprint density at radius 2 is 2.06 bits per heavy atom. The highest BCUT2D eigenvalue weighted by Crippen LogP contribution is 2.26. The molecule has 0 spiro atoms. The van der Waals surface area contributed by atoms with Crippen molar-refractivity contribution in [3.8, 4) is 5.75 Å². The number of esters is 1. The van der Waals surface area contributed by atoms with Gasteiger partial charge in [-0.25, -0.2) is 0 Å². The molecule has 92 valence electrons. The molecule has 5 nitrogen and oxygen atoms in total. The molecule has 18 heavy (non-hydrogen) atoms. The molecule has 0 aliphatic carbocycles. The predicted molar refractivity (Wildman–Crippen MR) is 69.9 cm³/mol. The van der Waals surface area contributed by atoms with Crippen LogP contribution in [-0.4, -0.2) is 17.0 Å². The van der Waals surface area contributed by atoms with Crippen LogP contribution in [0.1, 0.15) is 12.5 Å². The van der Waals surface area contributed by atoms with Crippen molar-refractivity contribution >= 4 is 34.9 Å². The van der Waals surface area contributed by atoms with Crippen molar-refractivity contribution < 1.29 is 14.3 Å². The molecule has 0 aromatic heterocycles. The van der Waals surface area contributed by atoms with Crippen LogP contribution in [0.25, 0.3) is 6.08 Å². The summed E-state index contributed by atoms with van der Waals surface area (Å²) in [6, 6.07) is 6.80. The first-order chi connectivity index (χ1) is 8.54. The van der Waals surface area contributed by atoms with Crippen molar-refractivity contribution in [1.82, 2.24) is 0 Å². The number of carbonyl (C=O) groups is 2. The van der Waals surface area contributed by atoms with Gasteiger partial charge in [0.05, 0.1) is 4.91 Å². The topological polar surface area (TPSA) is 81.8 Å². The fourth-order valence-electron chi connectivity index (χ4n) is 1.37. The molecule has 1 aromatic rings. The van der Waals surface area contributed by atoms with E-state index in [2.05, 4.69) is 4.99 Å². The number of thioether (sulfide) groups is 1. The largest absolute Gasteiger partial charge is 0.427 e. The van der Waals surface area contributed by atoms with Crippen molar-refractivity contribution in [3.05, 3.63) is 34.7 Å². The molecule has 1 heterocycles. The van der Waals surface area contributed by atoms with Gasteiger partial charge in [0.1, 0.15) is 5.75 Å². The summed E-state index contributed by atoms with van der Waals surface area (Å²) >= 11 is 1.14. The molecule has 0 unspecified atom stereocenters. The van der Waals surface area contributed by atoms with Crippen LogP contribution in [0.3, 0.4) is 0 Å². The highest BCUT2D eigenvalue weighted by atomic mass is 32.2. The number of nitrogens with two attached hydrogens (primary N) is 1. The summed E-state index contributed by atoms with van der Waals surface area (Å²) in [5.74, 6) is -0.240.